The Labute approximate surface area is 155 Å². The van der Waals surface area contributed by atoms with Crippen LogP contribution in [0.4, 0.5) is 5.82 Å². The Morgan fingerprint density at radius 1 is 1.12 bits per heavy atom. The molecule has 134 valence electrons. The van der Waals surface area contributed by atoms with E-state index < -0.39 is 0 Å². The van der Waals surface area contributed by atoms with E-state index in [1.165, 1.54) is 0 Å². The third-order valence-electron chi connectivity index (χ3n) is 4.75. The Balaban J connectivity index is 1.55. The lowest BCUT2D eigenvalue weighted by Crippen LogP contribution is -2.32. The minimum absolute atomic E-state index is 0.00135. The van der Waals surface area contributed by atoms with Crippen LogP contribution in [0.2, 0.25) is 0 Å². The van der Waals surface area contributed by atoms with Crippen LogP contribution in [0.25, 0.3) is 21.5 Å². The first-order chi connectivity index (χ1) is 12.6. The monoisotopic (exact) mass is 368 g/mol. The highest BCUT2D eigenvalue weighted by atomic mass is 32.1. The smallest absolute Gasteiger partial charge is 0.228 e. The summed E-state index contributed by atoms with van der Waals surface area (Å²) in [6.07, 6.45) is 3.45. The Morgan fingerprint density at radius 2 is 1.92 bits per heavy atom. The van der Waals surface area contributed by atoms with E-state index in [4.69, 9.17) is 5.73 Å². The maximum atomic E-state index is 12.5. The molecular weight excluding hydrogens is 348 g/mol. The topological polar surface area (TPSA) is 107 Å². The second-order valence-corrected chi connectivity index (χ2v) is 7.91. The van der Waals surface area contributed by atoms with Gasteiger partial charge in [-0.1, -0.05) is 11.3 Å². The Morgan fingerprint density at radius 3 is 2.65 bits per heavy atom. The molecule has 3 N–H and O–H groups in total. The van der Waals surface area contributed by atoms with Gasteiger partial charge in [0.25, 0.3) is 0 Å². The predicted octanol–water partition coefficient (Wildman–Crippen LogP) is 2.91. The van der Waals surface area contributed by atoms with Gasteiger partial charge in [-0.25, -0.2) is 0 Å². The van der Waals surface area contributed by atoms with E-state index in [0.29, 0.717) is 5.82 Å². The number of nitrogens with two attached hydrogens (primary N) is 1. The van der Waals surface area contributed by atoms with Crippen LogP contribution in [0, 0.1) is 12.8 Å². The Hall–Kier alpha value is -2.45. The second kappa shape index (κ2) is 7.05. The SMILES string of the molecule is Cc1nnc(-c2ccc3nnc(NC(=O)[C@H]4CC[C@H](N)CC4)cc3c2)s1. The van der Waals surface area contributed by atoms with E-state index in [9.17, 15) is 4.79 Å². The van der Waals surface area contributed by atoms with Crippen LogP contribution in [0.15, 0.2) is 24.3 Å². The van der Waals surface area contributed by atoms with Crippen molar-refractivity contribution in [2.75, 3.05) is 5.32 Å². The van der Waals surface area contributed by atoms with Gasteiger partial charge in [-0.3, -0.25) is 4.79 Å². The fourth-order valence-corrected chi connectivity index (χ4v) is 3.95. The molecule has 1 aromatic carbocycles. The summed E-state index contributed by atoms with van der Waals surface area (Å²) in [5.74, 6) is 0.479. The first-order valence-corrected chi connectivity index (χ1v) is 9.54. The van der Waals surface area contributed by atoms with Crippen molar-refractivity contribution in [3.05, 3.63) is 29.3 Å². The number of aryl methyl sites for hydroxylation is 1. The highest BCUT2D eigenvalue weighted by Gasteiger charge is 2.24. The maximum absolute atomic E-state index is 12.5. The lowest BCUT2D eigenvalue weighted by atomic mass is 9.86. The van der Waals surface area contributed by atoms with Crippen LogP contribution in [-0.2, 0) is 4.79 Å². The van der Waals surface area contributed by atoms with Crippen molar-refractivity contribution in [1.82, 2.24) is 20.4 Å². The number of nitrogens with zero attached hydrogens (tertiary/aromatic N) is 4. The summed E-state index contributed by atoms with van der Waals surface area (Å²) in [6.45, 7) is 1.93. The first kappa shape index (κ1) is 17.0. The molecule has 26 heavy (non-hydrogen) atoms. The molecule has 3 aromatic rings. The molecule has 0 atom stereocenters. The van der Waals surface area contributed by atoms with Crippen LogP contribution in [0.3, 0.4) is 0 Å². The first-order valence-electron chi connectivity index (χ1n) is 8.73. The van der Waals surface area contributed by atoms with Crippen LogP contribution >= 0.6 is 11.3 Å². The predicted molar refractivity (Wildman–Crippen MR) is 102 cm³/mol. The fourth-order valence-electron chi connectivity index (χ4n) is 3.26. The van der Waals surface area contributed by atoms with Crippen molar-refractivity contribution in [2.24, 2.45) is 11.7 Å². The van der Waals surface area contributed by atoms with Gasteiger partial charge in [0.15, 0.2) is 5.82 Å². The zero-order valence-corrected chi connectivity index (χ0v) is 15.3. The summed E-state index contributed by atoms with van der Waals surface area (Å²) >= 11 is 1.54. The van der Waals surface area contributed by atoms with Gasteiger partial charge in [0, 0.05) is 22.9 Å². The molecule has 0 spiro atoms. The van der Waals surface area contributed by atoms with Gasteiger partial charge in [0.05, 0.1) is 5.52 Å². The lowest BCUT2D eigenvalue weighted by molar-refractivity contribution is -0.120. The molecule has 0 bridgehead atoms. The number of carbonyl (C=O) groups excluding carboxylic acids is 1. The number of carbonyl (C=O) groups is 1. The molecule has 2 aromatic heterocycles. The Kier molecular flexibility index (Phi) is 4.60. The van der Waals surface area contributed by atoms with Crippen molar-refractivity contribution in [2.45, 2.75) is 38.6 Å². The molecule has 1 amide bonds. The number of anilines is 1. The third-order valence-corrected chi connectivity index (χ3v) is 5.64. The zero-order valence-electron chi connectivity index (χ0n) is 14.5. The largest absolute Gasteiger partial charge is 0.328 e. The molecule has 0 radical (unpaired) electrons. The number of hydrogen-bond donors (Lipinski definition) is 2. The van der Waals surface area contributed by atoms with Crippen molar-refractivity contribution < 1.29 is 4.79 Å². The normalized spacial score (nSPS) is 20.2. The number of aromatic nitrogens is 4. The maximum Gasteiger partial charge on any atom is 0.228 e. The van der Waals surface area contributed by atoms with E-state index in [-0.39, 0.29) is 17.9 Å². The zero-order chi connectivity index (χ0) is 18.1. The van der Waals surface area contributed by atoms with Gasteiger partial charge in [-0.15, -0.1) is 20.4 Å². The summed E-state index contributed by atoms with van der Waals surface area (Å²) in [4.78, 5) is 12.5. The molecule has 0 unspecified atom stereocenters. The van der Waals surface area contributed by atoms with Crippen LogP contribution in [0.5, 0.6) is 0 Å². The van der Waals surface area contributed by atoms with Gasteiger partial charge >= 0.3 is 0 Å². The molecular formula is C18H20N6OS. The van der Waals surface area contributed by atoms with Crippen LogP contribution < -0.4 is 11.1 Å². The quantitative estimate of drug-likeness (QED) is 0.736. The van der Waals surface area contributed by atoms with Gasteiger partial charge in [0.2, 0.25) is 5.91 Å². The average Bonchev–Trinajstić information content (AvgIpc) is 3.08. The number of rotatable bonds is 3. The summed E-state index contributed by atoms with van der Waals surface area (Å²) in [7, 11) is 0. The second-order valence-electron chi connectivity index (χ2n) is 6.73. The van der Waals surface area contributed by atoms with E-state index in [1.54, 1.807) is 11.3 Å². The standard InChI is InChI=1S/C18H20N6OS/c1-10-21-24-18(26-10)12-4-7-15-13(8-12)9-16(23-22-15)20-17(25)11-2-5-14(19)6-3-11/h4,7-9,11,14H,2-3,5-6,19H2,1H3,(H,20,23,25)/t11-,14-. The van der Waals surface area contributed by atoms with Crippen LogP contribution in [0.1, 0.15) is 30.7 Å². The van der Waals surface area contributed by atoms with Crippen molar-refractivity contribution in [3.63, 3.8) is 0 Å². The molecule has 1 aliphatic rings. The number of benzene rings is 1. The van der Waals surface area contributed by atoms with E-state index >= 15 is 0 Å². The van der Waals surface area contributed by atoms with Crippen LogP contribution in [-0.4, -0.2) is 32.3 Å². The number of fused-ring (bicyclic) bond motifs is 1. The molecule has 0 saturated heterocycles. The minimum Gasteiger partial charge on any atom is -0.328 e. The van der Waals surface area contributed by atoms with E-state index in [0.717, 1.165) is 52.2 Å². The minimum atomic E-state index is 0.00135. The van der Waals surface area contributed by atoms with E-state index in [2.05, 4.69) is 25.7 Å². The van der Waals surface area contributed by atoms with Gasteiger partial charge in [-0.2, -0.15) is 0 Å². The average molecular weight is 368 g/mol. The number of amides is 1. The summed E-state index contributed by atoms with van der Waals surface area (Å²) < 4.78 is 0. The van der Waals surface area contributed by atoms with Crippen molar-refractivity contribution in [3.8, 4) is 10.6 Å². The van der Waals surface area contributed by atoms with Crippen molar-refractivity contribution >= 4 is 34.0 Å². The highest BCUT2D eigenvalue weighted by molar-refractivity contribution is 7.14. The number of hydrogen-bond acceptors (Lipinski definition) is 7. The van der Waals surface area contributed by atoms with Crippen molar-refractivity contribution in [1.29, 1.82) is 0 Å². The van der Waals surface area contributed by atoms with Gasteiger partial charge < -0.3 is 11.1 Å². The third kappa shape index (κ3) is 3.56. The van der Waals surface area contributed by atoms with E-state index in [1.807, 2.05) is 31.2 Å². The molecule has 1 aliphatic carbocycles. The fraction of sp³-hybridized carbons (Fsp3) is 0.389. The number of nitrogens with one attached hydrogen (secondary N) is 1. The lowest BCUT2D eigenvalue weighted by Gasteiger charge is -2.24. The summed E-state index contributed by atoms with van der Waals surface area (Å²) in [5, 5.41) is 22.2. The molecule has 1 fully saturated rings. The molecule has 0 aliphatic heterocycles. The Bertz CT molecular complexity index is 948. The molecule has 4 rings (SSSR count). The molecule has 1 saturated carbocycles. The molecule has 7 nitrogen and oxygen atoms in total. The van der Waals surface area contributed by atoms with Gasteiger partial charge in [-0.05, 0) is 56.9 Å². The highest BCUT2D eigenvalue weighted by Crippen LogP contribution is 2.27. The molecule has 8 heteroatoms. The van der Waals surface area contributed by atoms with Gasteiger partial charge in [0.1, 0.15) is 10.0 Å². The summed E-state index contributed by atoms with van der Waals surface area (Å²) in [6, 6.07) is 7.94. The molecule has 2 heterocycles. The summed E-state index contributed by atoms with van der Waals surface area (Å²) in [5.41, 5.74) is 7.67.